The number of fused-ring (bicyclic) bond motifs is 1. The molecule has 0 heterocycles. The molecule has 2 aromatic rings. The Morgan fingerprint density at radius 1 is 0.923 bits per heavy atom. The van der Waals surface area contributed by atoms with Crippen LogP contribution in [0.15, 0.2) is 55.1 Å². The van der Waals surface area contributed by atoms with Gasteiger partial charge in [0.15, 0.2) is 0 Å². The lowest BCUT2D eigenvalue weighted by Gasteiger charge is -2.42. The van der Waals surface area contributed by atoms with Gasteiger partial charge < -0.3 is 0 Å². The molecule has 0 unspecified atom stereocenters. The van der Waals surface area contributed by atoms with Crippen LogP contribution < -0.4 is 0 Å². The third kappa shape index (κ3) is 3.70. The minimum Gasteiger partial charge on any atom is -0.103 e. The molecule has 0 radical (unpaired) electrons. The Kier molecular flexibility index (Phi) is 4.97. The zero-order valence-electron chi connectivity index (χ0n) is 17.0. The quantitative estimate of drug-likeness (QED) is 0.402. The van der Waals surface area contributed by atoms with Gasteiger partial charge in [0.1, 0.15) is 0 Å². The molecule has 0 N–H and O–H groups in total. The fraction of sp³-hybridized carbons (Fsp3) is 0.385. The molecule has 0 bridgehead atoms. The first-order valence-corrected chi connectivity index (χ1v) is 9.76. The molecule has 0 heteroatoms. The Hall–Kier alpha value is -2.08. The average Bonchev–Trinajstić information content (AvgIpc) is 2.60. The minimum atomic E-state index is 0.259. The molecule has 0 saturated heterocycles. The molecule has 136 valence electrons. The molecule has 0 amide bonds. The molecule has 0 atom stereocenters. The van der Waals surface area contributed by atoms with Crippen LogP contribution in [0.1, 0.15) is 75.3 Å². The molecule has 0 saturated carbocycles. The number of rotatable bonds is 4. The fourth-order valence-corrected chi connectivity index (χ4v) is 4.10. The monoisotopic (exact) mass is 344 g/mol. The largest absolute Gasteiger partial charge is 0.103 e. The van der Waals surface area contributed by atoms with E-state index in [4.69, 9.17) is 0 Å². The zero-order chi connectivity index (χ0) is 18.9. The summed E-state index contributed by atoms with van der Waals surface area (Å²) in [5.74, 6) is 0. The first kappa shape index (κ1) is 18.7. The number of benzene rings is 2. The van der Waals surface area contributed by atoms with Crippen molar-refractivity contribution < 1.29 is 0 Å². The van der Waals surface area contributed by atoms with E-state index >= 15 is 0 Å². The third-order valence-corrected chi connectivity index (χ3v) is 6.05. The predicted octanol–water partition coefficient (Wildman–Crippen LogP) is 7.32. The summed E-state index contributed by atoms with van der Waals surface area (Å²) in [6, 6.07) is 15.9. The van der Waals surface area contributed by atoms with Gasteiger partial charge >= 0.3 is 0 Å². The van der Waals surface area contributed by atoms with Crippen LogP contribution in [0.2, 0.25) is 0 Å². The Balaban J connectivity index is 1.95. The standard InChI is InChI=1S/C26H32/c1-7-8-20-9-12-22(13-10-20)19(2)17-21-11-14-23-24(18-21)26(5,6)16-15-25(23,3)4/h7,9-14,17-18H,1,8,15-16H2,2-6H3. The van der Waals surface area contributed by atoms with Gasteiger partial charge in [-0.25, -0.2) is 0 Å². The first-order valence-electron chi connectivity index (χ1n) is 9.76. The smallest absolute Gasteiger partial charge is 0.0100 e. The van der Waals surface area contributed by atoms with Gasteiger partial charge in [0.05, 0.1) is 0 Å². The van der Waals surface area contributed by atoms with Crippen LogP contribution in [-0.2, 0) is 17.3 Å². The number of hydrogen-bond acceptors (Lipinski definition) is 0. The maximum Gasteiger partial charge on any atom is -0.0100 e. The van der Waals surface area contributed by atoms with Gasteiger partial charge in [0.25, 0.3) is 0 Å². The van der Waals surface area contributed by atoms with Gasteiger partial charge in [-0.3, -0.25) is 0 Å². The highest BCUT2D eigenvalue weighted by atomic mass is 14.4. The molecule has 26 heavy (non-hydrogen) atoms. The summed E-state index contributed by atoms with van der Waals surface area (Å²) in [5, 5.41) is 0. The second-order valence-electron chi connectivity index (χ2n) is 9.09. The van der Waals surface area contributed by atoms with Crippen LogP contribution in [-0.4, -0.2) is 0 Å². The summed E-state index contributed by atoms with van der Waals surface area (Å²) in [6.07, 6.45) is 7.72. The number of hydrogen-bond donors (Lipinski definition) is 0. The van der Waals surface area contributed by atoms with Gasteiger partial charge in [-0.15, -0.1) is 6.58 Å². The highest BCUT2D eigenvalue weighted by Crippen LogP contribution is 2.46. The van der Waals surface area contributed by atoms with E-state index in [0.717, 1.165) is 6.42 Å². The van der Waals surface area contributed by atoms with Crippen molar-refractivity contribution in [3.63, 3.8) is 0 Å². The van der Waals surface area contributed by atoms with E-state index in [-0.39, 0.29) is 10.8 Å². The minimum absolute atomic E-state index is 0.259. The van der Waals surface area contributed by atoms with Gasteiger partial charge in [-0.05, 0) is 70.4 Å². The number of allylic oxidation sites excluding steroid dienone is 2. The first-order chi connectivity index (χ1) is 12.2. The lowest BCUT2D eigenvalue weighted by Crippen LogP contribution is -2.33. The van der Waals surface area contributed by atoms with Crippen molar-refractivity contribution in [3.8, 4) is 0 Å². The highest BCUT2D eigenvalue weighted by molar-refractivity contribution is 5.80. The van der Waals surface area contributed by atoms with E-state index in [1.165, 1.54) is 46.2 Å². The van der Waals surface area contributed by atoms with Crippen LogP contribution in [0, 0.1) is 0 Å². The van der Waals surface area contributed by atoms with Crippen molar-refractivity contribution in [2.24, 2.45) is 0 Å². The highest BCUT2D eigenvalue weighted by Gasteiger charge is 2.36. The Morgan fingerprint density at radius 3 is 2.15 bits per heavy atom. The Bertz CT molecular complexity index is 829. The predicted molar refractivity (Wildman–Crippen MR) is 116 cm³/mol. The second-order valence-corrected chi connectivity index (χ2v) is 9.09. The van der Waals surface area contributed by atoms with E-state index in [9.17, 15) is 0 Å². The van der Waals surface area contributed by atoms with Crippen LogP contribution >= 0.6 is 0 Å². The molecule has 3 rings (SSSR count). The molecular weight excluding hydrogens is 312 g/mol. The van der Waals surface area contributed by atoms with Crippen LogP contribution in [0.3, 0.4) is 0 Å². The molecule has 2 aromatic carbocycles. The van der Waals surface area contributed by atoms with Crippen LogP contribution in [0.25, 0.3) is 11.6 Å². The fourth-order valence-electron chi connectivity index (χ4n) is 4.10. The van der Waals surface area contributed by atoms with Crippen molar-refractivity contribution in [1.29, 1.82) is 0 Å². The Labute approximate surface area is 159 Å². The van der Waals surface area contributed by atoms with E-state index < -0.39 is 0 Å². The van der Waals surface area contributed by atoms with Crippen LogP contribution in [0.5, 0.6) is 0 Å². The lowest BCUT2D eigenvalue weighted by atomic mass is 9.63. The SMILES string of the molecule is C=CCc1ccc(C(C)=Cc2ccc3c(c2)C(C)(C)CCC3(C)C)cc1. The summed E-state index contributed by atoms with van der Waals surface area (Å²) in [5.41, 5.74) is 8.81. The topological polar surface area (TPSA) is 0 Å². The molecule has 0 nitrogen and oxygen atoms in total. The average molecular weight is 345 g/mol. The lowest BCUT2D eigenvalue weighted by molar-refractivity contribution is 0.332. The zero-order valence-corrected chi connectivity index (χ0v) is 17.0. The summed E-state index contributed by atoms with van der Waals surface area (Å²) in [6.45, 7) is 15.6. The van der Waals surface area contributed by atoms with Crippen molar-refractivity contribution in [2.75, 3.05) is 0 Å². The normalized spacial score (nSPS) is 18.3. The van der Waals surface area contributed by atoms with Crippen molar-refractivity contribution in [1.82, 2.24) is 0 Å². The second kappa shape index (κ2) is 6.91. The van der Waals surface area contributed by atoms with Gasteiger partial charge in [0.2, 0.25) is 0 Å². The maximum absolute atomic E-state index is 3.81. The van der Waals surface area contributed by atoms with Gasteiger partial charge in [0, 0.05) is 0 Å². The van der Waals surface area contributed by atoms with E-state index in [1.54, 1.807) is 0 Å². The molecule has 0 aliphatic heterocycles. The summed E-state index contributed by atoms with van der Waals surface area (Å²) in [4.78, 5) is 0. The van der Waals surface area contributed by atoms with E-state index in [1.807, 2.05) is 6.08 Å². The molecule has 0 aromatic heterocycles. The maximum atomic E-state index is 3.81. The summed E-state index contributed by atoms with van der Waals surface area (Å²) >= 11 is 0. The molecular formula is C26H32. The van der Waals surface area contributed by atoms with Gasteiger partial charge in [-0.2, -0.15) is 0 Å². The molecule has 1 aliphatic rings. The molecule has 0 spiro atoms. The molecule has 1 aliphatic carbocycles. The van der Waals surface area contributed by atoms with Crippen molar-refractivity contribution in [3.05, 3.63) is 82.9 Å². The van der Waals surface area contributed by atoms with E-state index in [2.05, 4.69) is 89.7 Å². The summed E-state index contributed by atoms with van der Waals surface area (Å²) in [7, 11) is 0. The van der Waals surface area contributed by atoms with Crippen molar-refractivity contribution >= 4 is 11.6 Å². The van der Waals surface area contributed by atoms with Crippen molar-refractivity contribution in [2.45, 2.75) is 64.7 Å². The van der Waals surface area contributed by atoms with E-state index in [0.29, 0.717) is 0 Å². The van der Waals surface area contributed by atoms with Gasteiger partial charge in [-0.1, -0.05) is 82.3 Å². The van der Waals surface area contributed by atoms with Crippen LogP contribution in [0.4, 0.5) is 0 Å². The summed E-state index contributed by atoms with van der Waals surface area (Å²) < 4.78 is 0. The third-order valence-electron chi connectivity index (χ3n) is 6.05. The Morgan fingerprint density at radius 2 is 1.54 bits per heavy atom. The molecule has 0 fully saturated rings.